The van der Waals surface area contributed by atoms with Gasteiger partial charge in [0.05, 0.1) is 6.04 Å². The van der Waals surface area contributed by atoms with E-state index in [4.69, 9.17) is 10.5 Å². The largest absolute Gasteiger partial charge is 0.484 e. The molecule has 2 aromatic carbocycles. The van der Waals surface area contributed by atoms with Crippen LogP contribution in [0.4, 0.5) is 0 Å². The van der Waals surface area contributed by atoms with Gasteiger partial charge in [-0.2, -0.15) is 0 Å². The molecule has 1 unspecified atom stereocenters. The smallest absolute Gasteiger partial charge is 0.140 e. The topological polar surface area (TPSA) is 54.3 Å². The lowest BCUT2D eigenvalue weighted by atomic mass is 10.1. The maximum atomic E-state index is 6.54. The molecule has 0 radical (unpaired) electrons. The Morgan fingerprint density at radius 3 is 2.92 bits per heavy atom. The zero-order chi connectivity index (χ0) is 16.8. The molecule has 2 aliphatic rings. The van der Waals surface area contributed by atoms with E-state index in [-0.39, 0.29) is 6.10 Å². The van der Waals surface area contributed by atoms with Gasteiger partial charge in [-0.15, -0.1) is 0 Å². The second-order valence-electron chi connectivity index (χ2n) is 7.28. The molecular weight excluding hydrogens is 310 g/mol. The van der Waals surface area contributed by atoms with Crippen molar-refractivity contribution in [3.63, 3.8) is 0 Å². The summed E-state index contributed by atoms with van der Waals surface area (Å²) in [6.07, 6.45) is 4.15. The number of fused-ring (bicyclic) bond motifs is 2. The maximum Gasteiger partial charge on any atom is 0.140 e. The van der Waals surface area contributed by atoms with Crippen molar-refractivity contribution >= 4 is 10.9 Å². The van der Waals surface area contributed by atoms with Gasteiger partial charge in [0.2, 0.25) is 0 Å². The van der Waals surface area contributed by atoms with Crippen LogP contribution in [0, 0.1) is 0 Å². The number of aromatic amines is 1. The van der Waals surface area contributed by atoms with Crippen LogP contribution in [0.5, 0.6) is 5.75 Å². The van der Waals surface area contributed by atoms with Crippen molar-refractivity contribution in [2.24, 2.45) is 5.73 Å². The van der Waals surface area contributed by atoms with Crippen molar-refractivity contribution in [1.29, 1.82) is 0 Å². The summed E-state index contributed by atoms with van der Waals surface area (Å²) in [6.45, 7) is 2.03. The number of aromatic nitrogens is 1. The minimum absolute atomic E-state index is 0.0638. The van der Waals surface area contributed by atoms with Crippen molar-refractivity contribution in [3.05, 3.63) is 65.9 Å². The van der Waals surface area contributed by atoms with E-state index >= 15 is 0 Å². The summed E-state index contributed by atoms with van der Waals surface area (Å²) in [6, 6.07) is 17.7. The number of nitrogens with one attached hydrogen (secondary N) is 1. The van der Waals surface area contributed by atoms with Gasteiger partial charge in [0.15, 0.2) is 0 Å². The molecule has 1 fully saturated rings. The molecule has 0 bridgehead atoms. The predicted molar refractivity (Wildman–Crippen MR) is 99.8 cm³/mol. The highest BCUT2D eigenvalue weighted by Gasteiger charge is 2.40. The standard InChI is InChI=1S/C21H23N3O/c22-16-8-10-24(13-16)20-11-15-3-1-2-4-18(15)21(20)25-17-6-5-14-7-9-23-19(14)12-17/h1-7,9,12,16,20-21,23H,8,10-11,13,22H2/t16?,20-,21-/m1/s1. The highest BCUT2D eigenvalue weighted by Crippen LogP contribution is 2.39. The first-order valence-electron chi connectivity index (χ1n) is 9.09. The van der Waals surface area contributed by atoms with Crippen molar-refractivity contribution in [2.75, 3.05) is 13.1 Å². The van der Waals surface area contributed by atoms with Gasteiger partial charge in [0, 0.05) is 36.9 Å². The summed E-state index contributed by atoms with van der Waals surface area (Å²) >= 11 is 0. The summed E-state index contributed by atoms with van der Waals surface area (Å²) in [4.78, 5) is 5.79. The van der Waals surface area contributed by atoms with E-state index in [1.54, 1.807) is 0 Å². The number of likely N-dealkylation sites (tertiary alicyclic amines) is 1. The molecule has 0 amide bonds. The van der Waals surface area contributed by atoms with Crippen LogP contribution in [0.1, 0.15) is 23.7 Å². The van der Waals surface area contributed by atoms with Gasteiger partial charge in [-0.1, -0.05) is 24.3 Å². The minimum Gasteiger partial charge on any atom is -0.484 e. The first kappa shape index (κ1) is 15.0. The molecule has 3 N–H and O–H groups in total. The summed E-state index contributed by atoms with van der Waals surface area (Å²) in [7, 11) is 0. The Labute approximate surface area is 147 Å². The van der Waals surface area contributed by atoms with Crippen molar-refractivity contribution < 1.29 is 4.74 Å². The second kappa shape index (κ2) is 5.90. The number of hydrogen-bond acceptors (Lipinski definition) is 3. The summed E-state index contributed by atoms with van der Waals surface area (Å²) in [5, 5.41) is 1.21. The molecular formula is C21H23N3O. The lowest BCUT2D eigenvalue weighted by Gasteiger charge is -2.30. The first-order chi connectivity index (χ1) is 12.3. The van der Waals surface area contributed by atoms with Crippen LogP contribution in [0.2, 0.25) is 0 Å². The molecule has 1 aliphatic carbocycles. The fourth-order valence-corrected chi connectivity index (χ4v) is 4.36. The molecule has 3 aromatic rings. The van der Waals surface area contributed by atoms with Crippen molar-refractivity contribution in [1.82, 2.24) is 9.88 Å². The fourth-order valence-electron chi connectivity index (χ4n) is 4.36. The molecule has 1 saturated heterocycles. The highest BCUT2D eigenvalue weighted by molar-refractivity contribution is 5.80. The van der Waals surface area contributed by atoms with Crippen molar-refractivity contribution in [3.8, 4) is 5.75 Å². The normalized spacial score (nSPS) is 26.2. The zero-order valence-electron chi connectivity index (χ0n) is 14.2. The van der Waals surface area contributed by atoms with Crippen LogP contribution in [0.3, 0.4) is 0 Å². The van der Waals surface area contributed by atoms with E-state index in [1.807, 2.05) is 6.20 Å². The van der Waals surface area contributed by atoms with Gasteiger partial charge in [0.1, 0.15) is 11.9 Å². The SMILES string of the molecule is NC1CCN([C@@H]2Cc3ccccc3[C@H]2Oc2ccc3cc[nH]c3c2)C1. The first-order valence-corrected chi connectivity index (χ1v) is 9.09. The van der Waals surface area contributed by atoms with Crippen LogP contribution < -0.4 is 10.5 Å². The van der Waals surface area contributed by atoms with E-state index in [0.717, 1.165) is 37.2 Å². The second-order valence-corrected chi connectivity index (χ2v) is 7.28. The molecule has 128 valence electrons. The Morgan fingerprint density at radius 1 is 1.12 bits per heavy atom. The van der Waals surface area contributed by atoms with Gasteiger partial charge in [0.25, 0.3) is 0 Å². The number of nitrogens with zero attached hydrogens (tertiary/aromatic N) is 1. The summed E-state index contributed by atoms with van der Waals surface area (Å²) in [5.41, 5.74) is 9.99. The molecule has 4 heteroatoms. The number of ether oxygens (including phenoxy) is 1. The van der Waals surface area contributed by atoms with Gasteiger partial charge >= 0.3 is 0 Å². The number of H-pyrrole nitrogens is 1. The molecule has 5 rings (SSSR count). The summed E-state index contributed by atoms with van der Waals surface area (Å²) in [5.74, 6) is 0.921. The number of nitrogens with two attached hydrogens (primary N) is 1. The number of rotatable bonds is 3. The van der Waals surface area contributed by atoms with Gasteiger partial charge in [-0.3, -0.25) is 4.90 Å². The van der Waals surface area contributed by atoms with Crippen LogP contribution >= 0.6 is 0 Å². The molecule has 0 saturated carbocycles. The quantitative estimate of drug-likeness (QED) is 0.774. The van der Waals surface area contributed by atoms with Gasteiger partial charge in [-0.25, -0.2) is 0 Å². The highest BCUT2D eigenvalue weighted by atomic mass is 16.5. The van der Waals surface area contributed by atoms with E-state index in [0.29, 0.717) is 12.1 Å². The van der Waals surface area contributed by atoms with Crippen LogP contribution in [0.25, 0.3) is 10.9 Å². The molecule has 4 nitrogen and oxygen atoms in total. The average Bonchev–Trinajstić information content (AvgIpc) is 3.33. The van der Waals surface area contributed by atoms with Crippen LogP contribution in [0.15, 0.2) is 54.7 Å². The average molecular weight is 333 g/mol. The van der Waals surface area contributed by atoms with E-state index in [1.165, 1.54) is 16.5 Å². The third-order valence-electron chi connectivity index (χ3n) is 5.65. The Balaban J connectivity index is 1.48. The monoisotopic (exact) mass is 333 g/mol. The number of hydrogen-bond donors (Lipinski definition) is 2. The van der Waals surface area contributed by atoms with E-state index < -0.39 is 0 Å². The lowest BCUT2D eigenvalue weighted by molar-refractivity contribution is 0.0934. The van der Waals surface area contributed by atoms with Gasteiger partial charge in [-0.05, 0) is 47.6 Å². The Hall–Kier alpha value is -2.30. The third-order valence-corrected chi connectivity index (χ3v) is 5.65. The molecule has 2 heterocycles. The molecule has 25 heavy (non-hydrogen) atoms. The van der Waals surface area contributed by atoms with E-state index in [9.17, 15) is 0 Å². The fraction of sp³-hybridized carbons (Fsp3) is 0.333. The Bertz CT molecular complexity index is 903. The Morgan fingerprint density at radius 2 is 2.04 bits per heavy atom. The van der Waals surface area contributed by atoms with Crippen LogP contribution in [-0.4, -0.2) is 35.1 Å². The van der Waals surface area contributed by atoms with Crippen LogP contribution in [-0.2, 0) is 6.42 Å². The van der Waals surface area contributed by atoms with E-state index in [2.05, 4.69) is 58.4 Å². The third kappa shape index (κ3) is 2.62. The molecule has 1 aliphatic heterocycles. The Kier molecular flexibility index (Phi) is 3.54. The number of benzene rings is 2. The predicted octanol–water partition coefficient (Wildman–Crippen LogP) is 3.25. The zero-order valence-corrected chi connectivity index (χ0v) is 14.2. The molecule has 0 spiro atoms. The van der Waals surface area contributed by atoms with Gasteiger partial charge < -0.3 is 15.5 Å². The summed E-state index contributed by atoms with van der Waals surface area (Å²) < 4.78 is 6.54. The molecule has 3 atom stereocenters. The molecule has 1 aromatic heterocycles. The maximum absolute atomic E-state index is 6.54. The lowest BCUT2D eigenvalue weighted by Crippen LogP contribution is -2.40. The van der Waals surface area contributed by atoms with Crippen molar-refractivity contribution in [2.45, 2.75) is 31.0 Å². The minimum atomic E-state index is 0.0638.